The van der Waals surface area contributed by atoms with E-state index in [9.17, 15) is 4.79 Å². The Balaban J connectivity index is 1.55. The number of rotatable bonds is 4. The normalized spacial score (nSPS) is 13.9. The lowest BCUT2D eigenvalue weighted by Gasteiger charge is -2.07. The lowest BCUT2D eigenvalue weighted by Crippen LogP contribution is -2.30. The molecule has 0 aromatic carbocycles. The molecule has 1 fully saturated rings. The average Bonchev–Trinajstić information content (AvgIpc) is 3.32. The Morgan fingerprint density at radius 1 is 1.29 bits per heavy atom. The first kappa shape index (κ1) is 14.5. The van der Waals surface area contributed by atoms with Gasteiger partial charge in [0.1, 0.15) is 22.7 Å². The summed E-state index contributed by atoms with van der Waals surface area (Å²) in [6.45, 7) is 0.704. The number of aromatic nitrogens is 6. The number of carbonyl (C=O) groups is 1. The topological polar surface area (TPSA) is 111 Å². The zero-order chi connectivity index (χ0) is 16.5. The molecule has 24 heavy (non-hydrogen) atoms. The number of urea groups is 1. The molecule has 122 valence electrons. The van der Waals surface area contributed by atoms with Crippen LogP contribution in [0.4, 0.5) is 10.6 Å². The fourth-order valence-corrected chi connectivity index (χ4v) is 2.27. The minimum Gasteiger partial charge on any atom is -0.338 e. The summed E-state index contributed by atoms with van der Waals surface area (Å²) in [5.41, 5.74) is 2.29. The van der Waals surface area contributed by atoms with E-state index in [1.807, 2.05) is 0 Å². The highest BCUT2D eigenvalue weighted by atomic mass is 16.2. The average molecular weight is 324 g/mol. The van der Waals surface area contributed by atoms with Gasteiger partial charge < -0.3 is 5.32 Å². The third-order valence-electron chi connectivity index (χ3n) is 3.76. The molecule has 2 N–H and O–H groups in total. The number of hydrogen-bond acceptors (Lipinski definition) is 6. The maximum absolute atomic E-state index is 11.9. The van der Waals surface area contributed by atoms with Crippen LogP contribution in [0.5, 0.6) is 0 Å². The Bertz CT molecular complexity index is 901. The lowest BCUT2D eigenvalue weighted by molar-refractivity contribution is 0.251. The van der Waals surface area contributed by atoms with Crippen LogP contribution in [-0.4, -0.2) is 42.5 Å². The minimum absolute atomic E-state index is 0.258. The molecular weight excluding hydrogens is 308 g/mol. The zero-order valence-electron chi connectivity index (χ0n) is 13.1. The van der Waals surface area contributed by atoms with Crippen LogP contribution in [0.25, 0.3) is 22.6 Å². The second kappa shape index (κ2) is 5.84. The zero-order valence-corrected chi connectivity index (χ0v) is 13.1. The molecule has 0 aliphatic heterocycles. The number of nitrogens with one attached hydrogen (secondary N) is 2. The number of anilines is 1. The Morgan fingerprint density at radius 2 is 2.17 bits per heavy atom. The van der Waals surface area contributed by atoms with Crippen molar-refractivity contribution in [2.45, 2.75) is 12.8 Å². The van der Waals surface area contributed by atoms with Gasteiger partial charge >= 0.3 is 6.03 Å². The lowest BCUT2D eigenvalue weighted by atomic mass is 10.3. The van der Waals surface area contributed by atoms with Crippen LogP contribution in [0.15, 0.2) is 24.5 Å². The summed E-state index contributed by atoms with van der Waals surface area (Å²) >= 11 is 0. The van der Waals surface area contributed by atoms with Gasteiger partial charge in [-0.2, -0.15) is 0 Å². The van der Waals surface area contributed by atoms with Crippen LogP contribution in [-0.2, 0) is 7.05 Å². The molecule has 9 heteroatoms. The van der Waals surface area contributed by atoms with Crippen molar-refractivity contribution in [3.63, 3.8) is 0 Å². The van der Waals surface area contributed by atoms with Crippen LogP contribution < -0.4 is 10.6 Å². The van der Waals surface area contributed by atoms with Crippen LogP contribution in [0.2, 0.25) is 0 Å². The van der Waals surface area contributed by atoms with Crippen molar-refractivity contribution < 1.29 is 4.79 Å². The molecular formula is C15H16N8O. The number of hydrogen-bond donors (Lipinski definition) is 2. The summed E-state index contributed by atoms with van der Waals surface area (Å²) in [7, 11) is 1.78. The fourth-order valence-electron chi connectivity index (χ4n) is 2.27. The Hall–Kier alpha value is -3.10. The Labute approximate surface area is 137 Å². The van der Waals surface area contributed by atoms with Gasteiger partial charge in [0.05, 0.1) is 12.4 Å². The smallest absolute Gasteiger partial charge is 0.320 e. The molecule has 0 bridgehead atoms. The van der Waals surface area contributed by atoms with Gasteiger partial charge in [-0.05, 0) is 30.9 Å². The second-order valence-corrected chi connectivity index (χ2v) is 5.85. The van der Waals surface area contributed by atoms with E-state index in [4.69, 9.17) is 0 Å². The van der Waals surface area contributed by atoms with Gasteiger partial charge in [0, 0.05) is 13.6 Å². The Morgan fingerprint density at radius 3 is 2.92 bits per heavy atom. The molecule has 3 aromatic rings. The first-order valence-corrected chi connectivity index (χ1v) is 7.73. The quantitative estimate of drug-likeness (QED) is 0.749. The highest BCUT2D eigenvalue weighted by molar-refractivity contribution is 5.89. The van der Waals surface area contributed by atoms with Gasteiger partial charge in [0.15, 0.2) is 5.65 Å². The third kappa shape index (κ3) is 3.14. The number of carbonyl (C=O) groups excluding carboxylic acids is 1. The van der Waals surface area contributed by atoms with Gasteiger partial charge in [-0.15, -0.1) is 5.10 Å². The first-order valence-electron chi connectivity index (χ1n) is 7.73. The standard InChI is InChI=1S/C15H16N8O/c1-23-8-12(21-22-23)11-7-16-10-4-5-13(19-14(10)18-11)20-15(24)17-6-9-2-3-9/h4-5,7-9H,2-3,6H2,1H3,(H2,17,18,19,20,24). The highest BCUT2D eigenvalue weighted by Crippen LogP contribution is 2.27. The van der Waals surface area contributed by atoms with Crippen molar-refractivity contribution in [2.24, 2.45) is 13.0 Å². The Kier molecular flexibility index (Phi) is 3.52. The summed E-state index contributed by atoms with van der Waals surface area (Å²) in [5, 5.41) is 13.4. The van der Waals surface area contributed by atoms with Gasteiger partial charge in [0.25, 0.3) is 0 Å². The van der Waals surface area contributed by atoms with Crippen molar-refractivity contribution in [1.29, 1.82) is 0 Å². The van der Waals surface area contributed by atoms with Crippen molar-refractivity contribution >= 4 is 23.0 Å². The molecule has 0 atom stereocenters. The molecule has 0 spiro atoms. The predicted octanol–water partition coefficient (Wildman–Crippen LogP) is 1.35. The third-order valence-corrected chi connectivity index (χ3v) is 3.76. The van der Waals surface area contributed by atoms with Crippen molar-refractivity contribution in [3.8, 4) is 11.4 Å². The van der Waals surface area contributed by atoms with Crippen molar-refractivity contribution in [1.82, 2.24) is 35.3 Å². The summed E-state index contributed by atoms with van der Waals surface area (Å²) in [6.07, 6.45) is 5.76. The molecule has 9 nitrogen and oxygen atoms in total. The summed E-state index contributed by atoms with van der Waals surface area (Å²) in [6, 6.07) is 3.22. The molecule has 1 aliphatic carbocycles. The highest BCUT2D eigenvalue weighted by Gasteiger charge is 2.21. The predicted molar refractivity (Wildman–Crippen MR) is 87.1 cm³/mol. The van der Waals surface area contributed by atoms with Gasteiger partial charge in [-0.25, -0.2) is 14.8 Å². The number of pyridine rings is 1. The van der Waals surface area contributed by atoms with E-state index < -0.39 is 0 Å². The van der Waals surface area contributed by atoms with Gasteiger partial charge in [0.2, 0.25) is 0 Å². The van der Waals surface area contributed by atoms with E-state index in [1.54, 1.807) is 36.3 Å². The van der Waals surface area contributed by atoms with E-state index in [-0.39, 0.29) is 6.03 Å². The molecule has 0 unspecified atom stereocenters. The SMILES string of the molecule is Cn1cc(-c2cnc3ccc(NC(=O)NCC4CC4)nc3n2)nn1. The molecule has 0 saturated heterocycles. The number of amides is 2. The van der Waals surface area contributed by atoms with Crippen LogP contribution >= 0.6 is 0 Å². The van der Waals surface area contributed by atoms with Crippen LogP contribution in [0.3, 0.4) is 0 Å². The molecule has 1 saturated carbocycles. The van der Waals surface area contributed by atoms with E-state index in [2.05, 4.69) is 35.9 Å². The molecule has 2 amide bonds. The molecule has 4 rings (SSSR count). The number of nitrogens with zero attached hydrogens (tertiary/aromatic N) is 6. The molecule has 3 heterocycles. The van der Waals surface area contributed by atoms with Crippen LogP contribution in [0.1, 0.15) is 12.8 Å². The fraction of sp³-hybridized carbons (Fsp3) is 0.333. The number of fused-ring (bicyclic) bond motifs is 1. The first-order chi connectivity index (χ1) is 11.7. The van der Waals surface area contributed by atoms with Gasteiger partial charge in [-0.1, -0.05) is 5.21 Å². The van der Waals surface area contributed by atoms with E-state index >= 15 is 0 Å². The van der Waals surface area contributed by atoms with E-state index in [0.29, 0.717) is 40.8 Å². The van der Waals surface area contributed by atoms with E-state index in [1.165, 1.54) is 12.8 Å². The minimum atomic E-state index is -0.258. The van der Waals surface area contributed by atoms with Crippen molar-refractivity contribution in [3.05, 3.63) is 24.5 Å². The second-order valence-electron chi connectivity index (χ2n) is 5.85. The number of aryl methyl sites for hydroxylation is 1. The van der Waals surface area contributed by atoms with Crippen LogP contribution in [0, 0.1) is 5.92 Å². The summed E-state index contributed by atoms with van der Waals surface area (Å²) in [5.74, 6) is 1.06. The largest absolute Gasteiger partial charge is 0.338 e. The maximum atomic E-state index is 11.9. The van der Waals surface area contributed by atoms with E-state index in [0.717, 1.165) is 0 Å². The van der Waals surface area contributed by atoms with Crippen molar-refractivity contribution in [2.75, 3.05) is 11.9 Å². The molecule has 3 aromatic heterocycles. The summed E-state index contributed by atoms with van der Waals surface area (Å²) in [4.78, 5) is 25.0. The molecule has 1 aliphatic rings. The summed E-state index contributed by atoms with van der Waals surface area (Å²) < 4.78 is 1.59. The molecule has 0 radical (unpaired) electrons. The maximum Gasteiger partial charge on any atom is 0.320 e. The monoisotopic (exact) mass is 324 g/mol. The van der Waals surface area contributed by atoms with Gasteiger partial charge in [-0.3, -0.25) is 15.0 Å².